The number of carbonyl (C=O) groups excluding carboxylic acids is 1. The summed E-state index contributed by atoms with van der Waals surface area (Å²) in [5.41, 5.74) is -0.535. The highest BCUT2D eigenvalue weighted by atomic mass is 32.2. The first-order chi connectivity index (χ1) is 12.7. The Labute approximate surface area is 155 Å². The first-order valence-electron chi connectivity index (χ1n) is 8.24. The zero-order valence-corrected chi connectivity index (χ0v) is 15.3. The Kier molecular flexibility index (Phi) is 4.73. The average Bonchev–Trinajstić information content (AvgIpc) is 2.54. The molecule has 1 aliphatic rings. The van der Waals surface area contributed by atoms with Crippen LogP contribution < -0.4 is 4.72 Å². The van der Waals surface area contributed by atoms with Gasteiger partial charge in [0.2, 0.25) is 5.91 Å². The minimum atomic E-state index is -4.20. The second kappa shape index (κ2) is 6.73. The number of nitrogens with zero attached hydrogens (tertiary/aromatic N) is 1. The summed E-state index contributed by atoms with van der Waals surface area (Å²) in [6, 6.07) is 8.75. The maximum Gasteiger partial charge on any atom is 0.269 e. The summed E-state index contributed by atoms with van der Waals surface area (Å²) in [4.78, 5) is 22.8. The monoisotopic (exact) mass is 392 g/mol. The molecule has 1 saturated carbocycles. The lowest BCUT2D eigenvalue weighted by molar-refractivity contribution is -0.385. The van der Waals surface area contributed by atoms with Crippen molar-refractivity contribution in [1.82, 2.24) is 4.72 Å². The number of nitro groups is 1. The van der Waals surface area contributed by atoms with Crippen LogP contribution in [-0.2, 0) is 20.2 Å². The van der Waals surface area contributed by atoms with Gasteiger partial charge in [0.15, 0.2) is 0 Å². The van der Waals surface area contributed by atoms with E-state index >= 15 is 0 Å². The molecule has 0 bridgehead atoms. The Morgan fingerprint density at radius 3 is 2.30 bits per heavy atom. The molecule has 1 fully saturated rings. The van der Waals surface area contributed by atoms with E-state index in [4.69, 9.17) is 0 Å². The Morgan fingerprint density at radius 1 is 1.19 bits per heavy atom. The minimum Gasteiger partial charge on any atom is -0.273 e. The normalized spacial score (nSPS) is 15.6. The number of carbonyl (C=O) groups is 1. The number of non-ortho nitro benzene ring substituents is 1. The number of nitro benzene ring substituents is 1. The summed E-state index contributed by atoms with van der Waals surface area (Å²) in [6.07, 6.45) is 1.67. The third-order valence-electron chi connectivity index (χ3n) is 4.92. The number of hydrogen-bond donors (Lipinski definition) is 1. The quantitative estimate of drug-likeness (QED) is 0.622. The smallest absolute Gasteiger partial charge is 0.269 e. The van der Waals surface area contributed by atoms with E-state index in [0.717, 1.165) is 24.6 Å². The fourth-order valence-corrected chi connectivity index (χ4v) is 4.55. The summed E-state index contributed by atoms with van der Waals surface area (Å²) in [5, 5.41) is 10.8. The highest BCUT2D eigenvalue weighted by Gasteiger charge is 2.47. The van der Waals surface area contributed by atoms with Gasteiger partial charge in [-0.2, -0.15) is 0 Å². The van der Waals surface area contributed by atoms with Crippen molar-refractivity contribution in [2.24, 2.45) is 0 Å². The van der Waals surface area contributed by atoms with Gasteiger partial charge in [0.25, 0.3) is 15.7 Å². The van der Waals surface area contributed by atoms with Gasteiger partial charge in [-0.1, -0.05) is 18.6 Å². The molecule has 0 aliphatic heterocycles. The molecule has 0 atom stereocenters. The number of sulfonamides is 1. The molecule has 27 heavy (non-hydrogen) atoms. The number of nitrogens with one attached hydrogen (secondary N) is 1. The van der Waals surface area contributed by atoms with Crippen LogP contribution in [0.1, 0.15) is 30.4 Å². The molecule has 0 aromatic heterocycles. The van der Waals surface area contributed by atoms with Gasteiger partial charge in [0, 0.05) is 12.1 Å². The van der Waals surface area contributed by atoms with Crippen molar-refractivity contribution in [2.45, 2.75) is 36.5 Å². The predicted octanol–water partition coefficient (Wildman–Crippen LogP) is 2.97. The SMILES string of the molecule is Cc1cc([N+](=O)[O-])ccc1S(=O)(=O)NC(=O)C1(c2ccc(F)cc2)CCC1. The van der Waals surface area contributed by atoms with E-state index in [0.29, 0.717) is 18.4 Å². The van der Waals surface area contributed by atoms with Crippen molar-refractivity contribution in [2.75, 3.05) is 0 Å². The fraction of sp³-hybridized carbons (Fsp3) is 0.278. The molecule has 9 heteroatoms. The number of halogens is 1. The van der Waals surface area contributed by atoms with E-state index in [1.165, 1.54) is 31.2 Å². The van der Waals surface area contributed by atoms with Crippen LogP contribution in [0.15, 0.2) is 47.4 Å². The number of aryl methyl sites for hydroxylation is 1. The lowest BCUT2D eigenvalue weighted by Gasteiger charge is -2.40. The van der Waals surface area contributed by atoms with Crippen LogP contribution in [-0.4, -0.2) is 19.2 Å². The van der Waals surface area contributed by atoms with Crippen molar-refractivity contribution < 1.29 is 22.5 Å². The molecule has 2 aromatic carbocycles. The Bertz CT molecular complexity index is 1010. The molecule has 1 aliphatic carbocycles. The molecule has 0 radical (unpaired) electrons. The van der Waals surface area contributed by atoms with Crippen LogP contribution in [0, 0.1) is 22.9 Å². The van der Waals surface area contributed by atoms with Crippen LogP contribution in [0.4, 0.5) is 10.1 Å². The van der Waals surface area contributed by atoms with Gasteiger partial charge < -0.3 is 0 Å². The van der Waals surface area contributed by atoms with Crippen molar-refractivity contribution >= 4 is 21.6 Å². The van der Waals surface area contributed by atoms with Gasteiger partial charge in [-0.25, -0.2) is 17.5 Å². The van der Waals surface area contributed by atoms with Crippen molar-refractivity contribution in [3.63, 3.8) is 0 Å². The van der Waals surface area contributed by atoms with E-state index < -0.39 is 32.1 Å². The predicted molar refractivity (Wildman–Crippen MR) is 95.1 cm³/mol. The lowest BCUT2D eigenvalue weighted by Crippen LogP contribution is -2.50. The molecule has 1 N–H and O–H groups in total. The van der Waals surface area contributed by atoms with Crippen LogP contribution in [0.3, 0.4) is 0 Å². The second-order valence-electron chi connectivity index (χ2n) is 6.58. The highest BCUT2D eigenvalue weighted by molar-refractivity contribution is 7.90. The molecule has 1 amide bonds. The molecule has 0 saturated heterocycles. The van der Waals surface area contributed by atoms with Gasteiger partial charge in [-0.3, -0.25) is 14.9 Å². The zero-order chi connectivity index (χ0) is 19.8. The van der Waals surface area contributed by atoms with Crippen molar-refractivity contribution in [3.8, 4) is 0 Å². The highest BCUT2D eigenvalue weighted by Crippen LogP contribution is 2.44. The van der Waals surface area contributed by atoms with Crippen molar-refractivity contribution in [1.29, 1.82) is 0 Å². The van der Waals surface area contributed by atoms with Gasteiger partial charge >= 0.3 is 0 Å². The number of rotatable bonds is 5. The largest absolute Gasteiger partial charge is 0.273 e. The molecule has 2 aromatic rings. The minimum absolute atomic E-state index is 0.161. The molecule has 0 unspecified atom stereocenters. The van der Waals surface area contributed by atoms with E-state index in [-0.39, 0.29) is 16.1 Å². The topological polar surface area (TPSA) is 106 Å². The van der Waals surface area contributed by atoms with E-state index in [9.17, 15) is 27.7 Å². The summed E-state index contributed by atoms with van der Waals surface area (Å²) in [5.74, 6) is -1.12. The third-order valence-corrected chi connectivity index (χ3v) is 6.42. The first-order valence-corrected chi connectivity index (χ1v) is 9.72. The van der Waals surface area contributed by atoms with Gasteiger partial charge in [0.05, 0.1) is 15.2 Å². The lowest BCUT2D eigenvalue weighted by atomic mass is 9.64. The van der Waals surface area contributed by atoms with Gasteiger partial charge in [-0.15, -0.1) is 0 Å². The number of benzene rings is 2. The van der Waals surface area contributed by atoms with E-state index in [2.05, 4.69) is 4.72 Å². The summed E-state index contributed by atoms with van der Waals surface area (Å²) >= 11 is 0. The van der Waals surface area contributed by atoms with Crippen LogP contribution in [0.2, 0.25) is 0 Å². The molecule has 0 spiro atoms. The average molecular weight is 392 g/mol. The molecule has 0 heterocycles. The van der Waals surface area contributed by atoms with Gasteiger partial charge in [-0.05, 0) is 49.1 Å². The molecule has 142 valence electrons. The van der Waals surface area contributed by atoms with Crippen molar-refractivity contribution in [3.05, 3.63) is 69.5 Å². The van der Waals surface area contributed by atoms with Crippen LogP contribution >= 0.6 is 0 Å². The fourth-order valence-electron chi connectivity index (χ4n) is 3.27. The molecule has 3 rings (SSSR count). The Hall–Kier alpha value is -2.81. The second-order valence-corrected chi connectivity index (χ2v) is 8.23. The van der Waals surface area contributed by atoms with Gasteiger partial charge in [0.1, 0.15) is 5.82 Å². The number of amides is 1. The molecule has 7 nitrogen and oxygen atoms in total. The van der Waals surface area contributed by atoms with E-state index in [1.807, 2.05) is 0 Å². The summed E-state index contributed by atoms with van der Waals surface area (Å²) < 4.78 is 40.6. The maximum atomic E-state index is 13.2. The summed E-state index contributed by atoms with van der Waals surface area (Å²) in [7, 11) is -4.20. The van der Waals surface area contributed by atoms with E-state index in [1.54, 1.807) is 0 Å². The number of hydrogen-bond acceptors (Lipinski definition) is 5. The Balaban J connectivity index is 1.90. The van der Waals surface area contributed by atoms with Crippen LogP contribution in [0.25, 0.3) is 0 Å². The third kappa shape index (κ3) is 3.42. The molecular weight excluding hydrogens is 375 g/mol. The Morgan fingerprint density at radius 2 is 1.81 bits per heavy atom. The summed E-state index contributed by atoms with van der Waals surface area (Å²) in [6.45, 7) is 1.42. The zero-order valence-electron chi connectivity index (χ0n) is 14.4. The maximum absolute atomic E-state index is 13.2. The standard InChI is InChI=1S/C18H17FN2O5S/c1-12-11-15(21(23)24)7-8-16(12)27(25,26)20-17(22)18(9-2-10-18)13-3-5-14(19)6-4-13/h3-8,11H,2,9-10H2,1H3,(H,20,22). The molecular formula is C18H17FN2O5S. The van der Waals surface area contributed by atoms with Crippen LogP contribution in [0.5, 0.6) is 0 Å². The first kappa shape index (κ1) is 19.0.